The van der Waals surface area contributed by atoms with Gasteiger partial charge in [0.15, 0.2) is 0 Å². The van der Waals surface area contributed by atoms with Crippen LogP contribution in [0.15, 0.2) is 11.8 Å². The van der Waals surface area contributed by atoms with E-state index < -0.39 is 0 Å². The summed E-state index contributed by atoms with van der Waals surface area (Å²) >= 11 is 0. The molecular weight excluding hydrogens is 136 g/mol. The lowest BCUT2D eigenvalue weighted by atomic mass is 10.1. The van der Waals surface area contributed by atoms with Crippen molar-refractivity contribution in [1.29, 1.82) is 0 Å². The van der Waals surface area contributed by atoms with Gasteiger partial charge in [-0.15, -0.1) is 0 Å². The summed E-state index contributed by atoms with van der Waals surface area (Å²) in [6.07, 6.45) is 4.64. The van der Waals surface area contributed by atoms with E-state index in [-0.39, 0.29) is 0 Å². The van der Waals surface area contributed by atoms with Crippen LogP contribution in [0.3, 0.4) is 0 Å². The van der Waals surface area contributed by atoms with Crippen molar-refractivity contribution in [1.82, 2.24) is 10.6 Å². The van der Waals surface area contributed by atoms with Crippen LogP contribution in [0.1, 0.15) is 26.7 Å². The van der Waals surface area contributed by atoms with E-state index in [1.54, 1.807) is 0 Å². The minimum atomic E-state index is 0.701. The highest BCUT2D eigenvalue weighted by molar-refractivity contribution is 4.95. The number of allylic oxidation sites excluding steroid dienone is 2. The largest absolute Gasteiger partial charge is 0.386 e. The lowest BCUT2D eigenvalue weighted by Crippen LogP contribution is -2.39. The normalized spacial score (nSPS) is 21.8. The molecule has 0 aromatic rings. The summed E-state index contributed by atoms with van der Waals surface area (Å²) in [5.41, 5.74) is 1.30. The molecule has 1 rings (SSSR count). The highest BCUT2D eigenvalue weighted by atomic mass is 15.0. The Morgan fingerprint density at radius 2 is 2.09 bits per heavy atom. The molecule has 0 bridgehead atoms. The summed E-state index contributed by atoms with van der Waals surface area (Å²) < 4.78 is 0. The minimum Gasteiger partial charge on any atom is -0.386 e. The highest BCUT2D eigenvalue weighted by Crippen LogP contribution is 2.03. The van der Waals surface area contributed by atoms with Crippen molar-refractivity contribution in [2.75, 3.05) is 13.1 Å². The third kappa shape index (κ3) is 2.93. The fourth-order valence-corrected chi connectivity index (χ4v) is 1.37. The van der Waals surface area contributed by atoms with Gasteiger partial charge in [0.05, 0.1) is 0 Å². The van der Waals surface area contributed by atoms with E-state index in [0.29, 0.717) is 6.04 Å². The molecule has 1 fully saturated rings. The van der Waals surface area contributed by atoms with Crippen molar-refractivity contribution in [2.24, 2.45) is 0 Å². The van der Waals surface area contributed by atoms with Gasteiger partial charge < -0.3 is 10.6 Å². The molecule has 2 N–H and O–H groups in total. The predicted molar refractivity (Wildman–Crippen MR) is 48.5 cm³/mol. The van der Waals surface area contributed by atoms with Gasteiger partial charge >= 0.3 is 0 Å². The van der Waals surface area contributed by atoms with Crippen molar-refractivity contribution in [3.05, 3.63) is 11.8 Å². The van der Waals surface area contributed by atoms with Gasteiger partial charge in [0.2, 0.25) is 0 Å². The van der Waals surface area contributed by atoms with Crippen LogP contribution in [0.4, 0.5) is 0 Å². The first-order chi connectivity index (χ1) is 5.33. The van der Waals surface area contributed by atoms with Crippen molar-refractivity contribution >= 4 is 0 Å². The van der Waals surface area contributed by atoms with E-state index in [0.717, 1.165) is 13.1 Å². The Morgan fingerprint density at radius 1 is 1.45 bits per heavy atom. The van der Waals surface area contributed by atoms with Gasteiger partial charge in [-0.05, 0) is 39.8 Å². The molecule has 1 heterocycles. The van der Waals surface area contributed by atoms with Crippen LogP contribution in [-0.2, 0) is 0 Å². The van der Waals surface area contributed by atoms with Crippen molar-refractivity contribution < 1.29 is 0 Å². The van der Waals surface area contributed by atoms with Crippen LogP contribution >= 0.6 is 0 Å². The smallest absolute Gasteiger partial charge is 0.0282 e. The van der Waals surface area contributed by atoms with Crippen LogP contribution in [0.5, 0.6) is 0 Å². The molecule has 0 aromatic carbocycles. The van der Waals surface area contributed by atoms with Crippen molar-refractivity contribution in [3.63, 3.8) is 0 Å². The number of piperidine rings is 1. The molecule has 0 amide bonds. The zero-order valence-electron chi connectivity index (χ0n) is 7.48. The molecule has 64 valence electrons. The lowest BCUT2D eigenvalue weighted by Gasteiger charge is -2.24. The maximum Gasteiger partial charge on any atom is 0.0282 e. The summed E-state index contributed by atoms with van der Waals surface area (Å²) in [6.45, 7) is 6.52. The molecular formula is C9H18N2. The molecule has 0 atom stereocenters. The predicted octanol–water partition coefficient (Wildman–Crippen LogP) is 1.25. The molecule has 1 aliphatic heterocycles. The molecule has 0 aromatic heterocycles. The van der Waals surface area contributed by atoms with Crippen LogP contribution < -0.4 is 10.6 Å². The Labute approximate surface area is 69.1 Å². The van der Waals surface area contributed by atoms with E-state index in [9.17, 15) is 0 Å². The molecule has 0 saturated carbocycles. The summed E-state index contributed by atoms with van der Waals surface area (Å²) in [5.74, 6) is 0. The number of rotatable bonds is 2. The van der Waals surface area contributed by atoms with Crippen LogP contribution in [0.25, 0.3) is 0 Å². The Hall–Kier alpha value is -0.500. The standard InChI is InChI=1S/C9H18N2/c1-3-8(2)11-9-4-6-10-7-5-9/h3,9-11H,4-7H2,1-2H3/b8-3-. The Balaban J connectivity index is 2.24. The zero-order valence-corrected chi connectivity index (χ0v) is 7.48. The fraction of sp³-hybridized carbons (Fsp3) is 0.778. The van der Waals surface area contributed by atoms with Gasteiger partial charge in [-0.3, -0.25) is 0 Å². The fourth-order valence-electron chi connectivity index (χ4n) is 1.37. The van der Waals surface area contributed by atoms with Crippen molar-refractivity contribution in [2.45, 2.75) is 32.7 Å². The van der Waals surface area contributed by atoms with E-state index in [4.69, 9.17) is 0 Å². The maximum atomic E-state index is 3.49. The van der Waals surface area contributed by atoms with Gasteiger partial charge in [0.25, 0.3) is 0 Å². The van der Waals surface area contributed by atoms with Gasteiger partial charge in [-0.2, -0.15) is 0 Å². The number of hydrogen-bond acceptors (Lipinski definition) is 2. The van der Waals surface area contributed by atoms with E-state index in [2.05, 4.69) is 30.6 Å². The Kier molecular flexibility index (Phi) is 3.43. The van der Waals surface area contributed by atoms with Gasteiger partial charge in [0, 0.05) is 11.7 Å². The molecule has 0 radical (unpaired) electrons. The monoisotopic (exact) mass is 154 g/mol. The van der Waals surface area contributed by atoms with Crippen LogP contribution in [0.2, 0.25) is 0 Å². The third-order valence-corrected chi connectivity index (χ3v) is 2.20. The quantitative estimate of drug-likeness (QED) is 0.625. The molecule has 1 saturated heterocycles. The van der Waals surface area contributed by atoms with Crippen molar-refractivity contribution in [3.8, 4) is 0 Å². The third-order valence-electron chi connectivity index (χ3n) is 2.20. The van der Waals surface area contributed by atoms with Gasteiger partial charge in [-0.25, -0.2) is 0 Å². The topological polar surface area (TPSA) is 24.1 Å². The highest BCUT2D eigenvalue weighted by Gasteiger charge is 2.11. The molecule has 0 unspecified atom stereocenters. The Bertz CT molecular complexity index is 134. The molecule has 2 heteroatoms. The first-order valence-electron chi connectivity index (χ1n) is 4.43. The summed E-state index contributed by atoms with van der Waals surface area (Å²) in [4.78, 5) is 0. The summed E-state index contributed by atoms with van der Waals surface area (Å²) in [7, 11) is 0. The van der Waals surface area contributed by atoms with Crippen LogP contribution in [-0.4, -0.2) is 19.1 Å². The lowest BCUT2D eigenvalue weighted by molar-refractivity contribution is 0.412. The maximum absolute atomic E-state index is 3.49. The average Bonchev–Trinajstić information content (AvgIpc) is 2.06. The second kappa shape index (κ2) is 4.39. The summed E-state index contributed by atoms with van der Waals surface area (Å²) in [6, 6.07) is 0.701. The summed E-state index contributed by atoms with van der Waals surface area (Å²) in [5, 5.41) is 6.84. The first kappa shape index (κ1) is 8.60. The molecule has 11 heavy (non-hydrogen) atoms. The van der Waals surface area contributed by atoms with E-state index in [1.807, 2.05) is 0 Å². The second-order valence-corrected chi connectivity index (χ2v) is 3.14. The van der Waals surface area contributed by atoms with Crippen LogP contribution in [0, 0.1) is 0 Å². The van der Waals surface area contributed by atoms with Gasteiger partial charge in [-0.1, -0.05) is 6.08 Å². The molecule has 0 aliphatic carbocycles. The number of hydrogen-bond donors (Lipinski definition) is 2. The number of nitrogens with one attached hydrogen (secondary N) is 2. The van der Waals surface area contributed by atoms with E-state index >= 15 is 0 Å². The molecule has 1 aliphatic rings. The average molecular weight is 154 g/mol. The SMILES string of the molecule is C/C=C(/C)NC1CCNCC1. The zero-order chi connectivity index (χ0) is 8.10. The van der Waals surface area contributed by atoms with Gasteiger partial charge in [0.1, 0.15) is 0 Å². The Morgan fingerprint density at radius 3 is 2.64 bits per heavy atom. The van der Waals surface area contributed by atoms with E-state index in [1.165, 1.54) is 18.5 Å². The first-order valence-corrected chi connectivity index (χ1v) is 4.43. The minimum absolute atomic E-state index is 0.701. The molecule has 2 nitrogen and oxygen atoms in total. The molecule has 0 spiro atoms. The second-order valence-electron chi connectivity index (χ2n) is 3.14.